The van der Waals surface area contributed by atoms with Gasteiger partial charge in [0, 0.05) is 11.8 Å². The second kappa shape index (κ2) is 5.30. The van der Waals surface area contributed by atoms with Gasteiger partial charge in [-0.25, -0.2) is 4.98 Å². The molecular weight excluding hydrogens is 216 g/mol. The van der Waals surface area contributed by atoms with Crippen LogP contribution in [0.2, 0.25) is 0 Å². The summed E-state index contributed by atoms with van der Waals surface area (Å²) >= 11 is 0. The van der Waals surface area contributed by atoms with Gasteiger partial charge < -0.3 is 9.47 Å². The van der Waals surface area contributed by atoms with Crippen LogP contribution in [-0.2, 0) is 0 Å². The first kappa shape index (κ1) is 11.4. The zero-order valence-electron chi connectivity index (χ0n) is 9.88. The van der Waals surface area contributed by atoms with Gasteiger partial charge in [0.25, 0.3) is 0 Å². The predicted octanol–water partition coefficient (Wildman–Crippen LogP) is 2.55. The number of nitrogens with zero attached hydrogens (tertiary/aromatic N) is 2. The van der Waals surface area contributed by atoms with Crippen molar-refractivity contribution < 1.29 is 9.47 Å². The summed E-state index contributed by atoms with van der Waals surface area (Å²) in [5, 5.41) is 0. The minimum atomic E-state index is 0.372. The van der Waals surface area contributed by atoms with Gasteiger partial charge in [0.15, 0.2) is 0 Å². The molecule has 0 aliphatic carbocycles. The molecular formula is C13H14N2O2. The van der Waals surface area contributed by atoms with Crippen molar-refractivity contribution in [3.05, 3.63) is 36.5 Å². The van der Waals surface area contributed by atoms with Crippen molar-refractivity contribution in [2.45, 2.75) is 6.92 Å². The molecule has 0 aliphatic heterocycles. The molecule has 2 rings (SSSR count). The van der Waals surface area contributed by atoms with Gasteiger partial charge >= 0.3 is 6.01 Å². The highest BCUT2D eigenvalue weighted by atomic mass is 16.5. The van der Waals surface area contributed by atoms with E-state index in [2.05, 4.69) is 9.97 Å². The lowest BCUT2D eigenvalue weighted by molar-refractivity contribution is 0.340. The second-order valence-corrected chi connectivity index (χ2v) is 3.39. The summed E-state index contributed by atoms with van der Waals surface area (Å²) in [7, 11) is 1.55. The smallest absolute Gasteiger partial charge is 0.316 e. The number of benzene rings is 1. The summed E-state index contributed by atoms with van der Waals surface area (Å²) in [5.41, 5.74) is 1.84. The van der Waals surface area contributed by atoms with Gasteiger partial charge in [0.1, 0.15) is 5.75 Å². The Morgan fingerprint density at radius 2 is 1.88 bits per heavy atom. The fraction of sp³-hybridized carbons (Fsp3) is 0.231. The van der Waals surface area contributed by atoms with Crippen molar-refractivity contribution in [2.24, 2.45) is 0 Å². The lowest BCUT2D eigenvalue weighted by Gasteiger charge is -2.05. The van der Waals surface area contributed by atoms with Crippen molar-refractivity contribution in [3.63, 3.8) is 0 Å². The number of hydrogen-bond acceptors (Lipinski definition) is 4. The van der Waals surface area contributed by atoms with E-state index in [9.17, 15) is 0 Å². The van der Waals surface area contributed by atoms with Crippen molar-refractivity contribution in [1.82, 2.24) is 9.97 Å². The first-order valence-corrected chi connectivity index (χ1v) is 5.43. The monoisotopic (exact) mass is 230 g/mol. The Morgan fingerprint density at radius 3 is 2.53 bits per heavy atom. The van der Waals surface area contributed by atoms with Gasteiger partial charge in [0.05, 0.1) is 19.4 Å². The van der Waals surface area contributed by atoms with Crippen LogP contribution < -0.4 is 9.47 Å². The van der Waals surface area contributed by atoms with Crippen LogP contribution in [0.5, 0.6) is 11.8 Å². The molecule has 0 atom stereocenters. The fourth-order valence-corrected chi connectivity index (χ4v) is 1.49. The third-order valence-electron chi connectivity index (χ3n) is 2.28. The Kier molecular flexibility index (Phi) is 3.55. The maximum atomic E-state index is 5.38. The Hall–Kier alpha value is -2.10. The minimum absolute atomic E-state index is 0.372. The van der Waals surface area contributed by atoms with Crippen molar-refractivity contribution in [1.29, 1.82) is 0 Å². The van der Waals surface area contributed by atoms with E-state index in [4.69, 9.17) is 9.47 Å². The summed E-state index contributed by atoms with van der Waals surface area (Å²) < 4.78 is 10.4. The highest BCUT2D eigenvalue weighted by Crippen LogP contribution is 2.21. The van der Waals surface area contributed by atoms with E-state index < -0.39 is 0 Å². The zero-order valence-corrected chi connectivity index (χ0v) is 9.88. The van der Waals surface area contributed by atoms with Crippen molar-refractivity contribution in [2.75, 3.05) is 13.7 Å². The third kappa shape index (κ3) is 2.72. The minimum Gasteiger partial charge on any atom is -0.494 e. The van der Waals surface area contributed by atoms with Gasteiger partial charge in [-0.3, -0.25) is 0 Å². The second-order valence-electron chi connectivity index (χ2n) is 3.39. The predicted molar refractivity (Wildman–Crippen MR) is 65.2 cm³/mol. The highest BCUT2D eigenvalue weighted by Gasteiger charge is 2.02. The first-order valence-electron chi connectivity index (χ1n) is 5.43. The van der Waals surface area contributed by atoms with Crippen molar-refractivity contribution >= 4 is 0 Å². The lowest BCUT2D eigenvalue weighted by Crippen LogP contribution is -1.93. The summed E-state index contributed by atoms with van der Waals surface area (Å²) in [6.45, 7) is 2.63. The standard InChI is InChI=1S/C13H14N2O2/c1-3-17-11-6-4-10(5-7-11)12-8-9-14-13(15-12)16-2/h4-9H,3H2,1-2H3. The van der Waals surface area contributed by atoms with Crippen LogP contribution in [0.25, 0.3) is 11.3 Å². The number of ether oxygens (including phenoxy) is 2. The van der Waals surface area contributed by atoms with E-state index in [0.29, 0.717) is 12.6 Å². The first-order chi connectivity index (χ1) is 8.33. The van der Waals surface area contributed by atoms with Crippen LogP contribution in [0.3, 0.4) is 0 Å². The van der Waals surface area contributed by atoms with E-state index in [1.54, 1.807) is 13.3 Å². The van der Waals surface area contributed by atoms with Gasteiger partial charge in [-0.15, -0.1) is 0 Å². The molecule has 0 bridgehead atoms. The number of aromatic nitrogens is 2. The molecule has 0 saturated carbocycles. The zero-order chi connectivity index (χ0) is 12.1. The van der Waals surface area contributed by atoms with Crippen LogP contribution in [0.15, 0.2) is 36.5 Å². The summed E-state index contributed by atoms with van der Waals surface area (Å²) in [4.78, 5) is 8.24. The molecule has 0 radical (unpaired) electrons. The molecule has 17 heavy (non-hydrogen) atoms. The van der Waals surface area contributed by atoms with Crippen molar-refractivity contribution in [3.8, 4) is 23.0 Å². The van der Waals surface area contributed by atoms with Crippen LogP contribution >= 0.6 is 0 Å². The largest absolute Gasteiger partial charge is 0.494 e. The summed E-state index contributed by atoms with van der Waals surface area (Å²) in [5.74, 6) is 0.859. The molecule has 2 aromatic rings. The third-order valence-corrected chi connectivity index (χ3v) is 2.28. The molecule has 1 aromatic carbocycles. The van der Waals surface area contributed by atoms with Gasteiger partial charge in [-0.1, -0.05) is 0 Å². The number of hydrogen-bond donors (Lipinski definition) is 0. The Labute approximate surface area is 100 Å². The molecule has 0 unspecified atom stereocenters. The molecule has 0 N–H and O–H groups in total. The molecule has 0 aliphatic rings. The maximum Gasteiger partial charge on any atom is 0.316 e. The Balaban J connectivity index is 2.26. The topological polar surface area (TPSA) is 44.2 Å². The van der Waals surface area contributed by atoms with E-state index in [1.165, 1.54) is 0 Å². The molecule has 0 amide bonds. The van der Waals surface area contributed by atoms with E-state index in [0.717, 1.165) is 17.0 Å². The average molecular weight is 230 g/mol. The Bertz CT molecular complexity index is 483. The molecule has 1 aromatic heterocycles. The van der Waals surface area contributed by atoms with Crippen LogP contribution in [0.1, 0.15) is 6.92 Å². The molecule has 0 fully saturated rings. The molecule has 88 valence electrons. The maximum absolute atomic E-state index is 5.38. The number of methoxy groups -OCH3 is 1. The SMILES string of the molecule is CCOc1ccc(-c2ccnc(OC)n2)cc1. The van der Waals surface area contributed by atoms with Crippen LogP contribution in [-0.4, -0.2) is 23.7 Å². The highest BCUT2D eigenvalue weighted by molar-refractivity contribution is 5.59. The normalized spacial score (nSPS) is 10.0. The van der Waals surface area contributed by atoms with Gasteiger partial charge in [0.2, 0.25) is 0 Å². The number of rotatable bonds is 4. The Morgan fingerprint density at radius 1 is 1.12 bits per heavy atom. The van der Waals surface area contributed by atoms with Gasteiger partial charge in [-0.2, -0.15) is 4.98 Å². The quantitative estimate of drug-likeness (QED) is 0.809. The van der Waals surface area contributed by atoms with E-state index in [1.807, 2.05) is 37.3 Å². The molecule has 4 nitrogen and oxygen atoms in total. The van der Waals surface area contributed by atoms with E-state index >= 15 is 0 Å². The average Bonchev–Trinajstić information content (AvgIpc) is 2.40. The summed E-state index contributed by atoms with van der Waals surface area (Å²) in [6, 6.07) is 10.00. The fourth-order valence-electron chi connectivity index (χ4n) is 1.49. The molecule has 4 heteroatoms. The van der Waals surface area contributed by atoms with Crippen LogP contribution in [0.4, 0.5) is 0 Å². The lowest BCUT2D eigenvalue weighted by atomic mass is 10.1. The molecule has 0 saturated heterocycles. The van der Waals surface area contributed by atoms with E-state index in [-0.39, 0.29) is 0 Å². The van der Waals surface area contributed by atoms with Gasteiger partial charge in [-0.05, 0) is 37.3 Å². The summed E-state index contributed by atoms with van der Waals surface area (Å²) in [6.07, 6.45) is 1.68. The molecule has 1 heterocycles. The van der Waals surface area contributed by atoms with Crippen LogP contribution in [0, 0.1) is 0 Å². The molecule has 0 spiro atoms.